The number of primary amides is 1. The molecule has 1 aliphatic rings. The average molecular weight is 274 g/mol. The first kappa shape index (κ1) is 15.0. The molecule has 0 saturated heterocycles. The third kappa shape index (κ3) is 4.34. The predicted molar refractivity (Wildman–Crippen MR) is 82.5 cm³/mol. The highest BCUT2D eigenvalue weighted by atomic mass is 16.1. The molecule has 110 valence electrons. The Bertz CT molecular complexity index is 419. The summed E-state index contributed by atoms with van der Waals surface area (Å²) in [4.78, 5) is 11.0. The molecule has 1 saturated carbocycles. The van der Waals surface area contributed by atoms with E-state index in [0.717, 1.165) is 12.5 Å². The van der Waals surface area contributed by atoms with Crippen molar-refractivity contribution in [3.05, 3.63) is 35.4 Å². The van der Waals surface area contributed by atoms with Gasteiger partial charge in [0.25, 0.3) is 0 Å². The van der Waals surface area contributed by atoms with E-state index >= 15 is 0 Å². The highest BCUT2D eigenvalue weighted by Gasteiger charge is 2.18. The van der Waals surface area contributed by atoms with Crippen LogP contribution in [0.4, 0.5) is 0 Å². The summed E-state index contributed by atoms with van der Waals surface area (Å²) in [5.74, 6) is 0.443. The van der Waals surface area contributed by atoms with Crippen LogP contribution in [-0.4, -0.2) is 11.9 Å². The van der Waals surface area contributed by atoms with Gasteiger partial charge in [0.05, 0.1) is 0 Å². The smallest absolute Gasteiger partial charge is 0.248 e. The molecule has 0 radical (unpaired) electrons. The van der Waals surface area contributed by atoms with Crippen molar-refractivity contribution in [3.8, 4) is 0 Å². The molecule has 1 aromatic carbocycles. The van der Waals surface area contributed by atoms with Crippen molar-refractivity contribution in [2.45, 2.75) is 58.0 Å². The summed E-state index contributed by atoms with van der Waals surface area (Å²) in [6.45, 7) is 3.16. The van der Waals surface area contributed by atoms with E-state index in [1.54, 1.807) is 12.1 Å². The van der Waals surface area contributed by atoms with Gasteiger partial charge in [-0.2, -0.15) is 0 Å². The normalized spacial score (nSPS) is 18.4. The minimum atomic E-state index is -0.365. The molecule has 0 bridgehead atoms. The van der Waals surface area contributed by atoms with Gasteiger partial charge in [0.15, 0.2) is 0 Å². The van der Waals surface area contributed by atoms with Crippen LogP contribution in [0.5, 0.6) is 0 Å². The second-order valence-electron chi connectivity index (χ2n) is 5.98. The highest BCUT2D eigenvalue weighted by molar-refractivity contribution is 5.92. The monoisotopic (exact) mass is 274 g/mol. The lowest BCUT2D eigenvalue weighted by atomic mass is 9.93. The van der Waals surface area contributed by atoms with Crippen molar-refractivity contribution in [2.24, 2.45) is 11.7 Å². The Morgan fingerprint density at radius 1 is 1.20 bits per heavy atom. The summed E-state index contributed by atoms with van der Waals surface area (Å²) in [5.41, 5.74) is 7.02. The number of carbonyl (C=O) groups excluding carboxylic acids is 1. The van der Waals surface area contributed by atoms with Gasteiger partial charge >= 0.3 is 0 Å². The third-order valence-corrected chi connectivity index (χ3v) is 4.47. The molecule has 0 heterocycles. The van der Waals surface area contributed by atoms with Crippen molar-refractivity contribution in [1.82, 2.24) is 5.32 Å². The molecular formula is C17H26N2O. The topological polar surface area (TPSA) is 55.1 Å². The third-order valence-electron chi connectivity index (χ3n) is 4.47. The molecule has 3 N–H and O–H groups in total. The van der Waals surface area contributed by atoms with E-state index in [9.17, 15) is 4.79 Å². The summed E-state index contributed by atoms with van der Waals surface area (Å²) < 4.78 is 0. The van der Waals surface area contributed by atoms with Gasteiger partial charge in [0, 0.05) is 18.2 Å². The molecule has 2 rings (SSSR count). The maximum atomic E-state index is 11.0. The molecule has 0 unspecified atom stereocenters. The Morgan fingerprint density at radius 2 is 1.80 bits per heavy atom. The zero-order valence-electron chi connectivity index (χ0n) is 12.4. The van der Waals surface area contributed by atoms with Crippen LogP contribution < -0.4 is 11.1 Å². The maximum absolute atomic E-state index is 11.0. The van der Waals surface area contributed by atoms with Crippen LogP contribution in [-0.2, 0) is 6.54 Å². The van der Waals surface area contributed by atoms with Gasteiger partial charge in [0.1, 0.15) is 0 Å². The van der Waals surface area contributed by atoms with Gasteiger partial charge in [-0.25, -0.2) is 0 Å². The zero-order valence-corrected chi connectivity index (χ0v) is 12.4. The van der Waals surface area contributed by atoms with Crippen LogP contribution in [0, 0.1) is 5.92 Å². The van der Waals surface area contributed by atoms with Crippen molar-refractivity contribution < 1.29 is 4.79 Å². The zero-order chi connectivity index (χ0) is 14.4. The molecule has 3 heteroatoms. The lowest BCUT2D eigenvalue weighted by Gasteiger charge is -2.23. The number of carbonyl (C=O) groups is 1. The Labute approximate surface area is 121 Å². The predicted octanol–water partition coefficient (Wildman–Crippen LogP) is 3.23. The minimum absolute atomic E-state index is 0.365. The van der Waals surface area contributed by atoms with E-state index in [2.05, 4.69) is 12.2 Å². The van der Waals surface area contributed by atoms with Gasteiger partial charge in [-0.05, 0) is 43.4 Å². The van der Waals surface area contributed by atoms with Crippen molar-refractivity contribution in [1.29, 1.82) is 0 Å². The molecule has 1 amide bonds. The highest BCUT2D eigenvalue weighted by Crippen LogP contribution is 2.25. The fourth-order valence-electron chi connectivity index (χ4n) is 3.04. The lowest BCUT2D eigenvalue weighted by molar-refractivity contribution is 0.100. The van der Waals surface area contributed by atoms with Crippen molar-refractivity contribution in [2.75, 3.05) is 0 Å². The molecule has 0 aliphatic heterocycles. The molecule has 0 aromatic heterocycles. The first-order valence-electron chi connectivity index (χ1n) is 7.79. The van der Waals surface area contributed by atoms with Gasteiger partial charge in [-0.1, -0.05) is 37.8 Å². The van der Waals surface area contributed by atoms with E-state index in [4.69, 9.17) is 5.73 Å². The fourth-order valence-corrected chi connectivity index (χ4v) is 3.04. The quantitative estimate of drug-likeness (QED) is 0.810. The Hall–Kier alpha value is -1.35. The average Bonchev–Trinajstić information content (AvgIpc) is 2.74. The molecule has 0 spiro atoms. The first-order chi connectivity index (χ1) is 9.66. The summed E-state index contributed by atoms with van der Waals surface area (Å²) in [6.07, 6.45) is 8.27. The molecule has 1 aliphatic carbocycles. The second-order valence-corrected chi connectivity index (χ2v) is 5.98. The van der Waals surface area contributed by atoms with E-state index in [0.29, 0.717) is 11.6 Å². The SMILES string of the molecule is C[C@H](NCc1ccc(C(N)=O)cc1)C1CCCCCC1. The van der Waals surface area contributed by atoms with Gasteiger partial charge in [-0.3, -0.25) is 4.79 Å². The van der Waals surface area contributed by atoms with Crippen LogP contribution in [0.2, 0.25) is 0 Å². The maximum Gasteiger partial charge on any atom is 0.248 e. The number of rotatable bonds is 5. The lowest BCUT2D eigenvalue weighted by Crippen LogP contribution is -2.32. The van der Waals surface area contributed by atoms with E-state index in [1.165, 1.54) is 44.1 Å². The Balaban J connectivity index is 1.82. The van der Waals surface area contributed by atoms with Gasteiger partial charge < -0.3 is 11.1 Å². The summed E-state index contributed by atoms with van der Waals surface area (Å²) in [6, 6.07) is 8.12. The molecule has 1 fully saturated rings. The number of hydrogen-bond donors (Lipinski definition) is 2. The van der Waals surface area contributed by atoms with Crippen LogP contribution in [0.15, 0.2) is 24.3 Å². The molecule has 1 atom stereocenters. The molecule has 20 heavy (non-hydrogen) atoms. The standard InChI is InChI=1S/C17H26N2O/c1-13(15-6-4-2-3-5-7-15)19-12-14-8-10-16(11-9-14)17(18)20/h8-11,13,15,19H,2-7,12H2,1H3,(H2,18,20)/t13-/m0/s1. The first-order valence-corrected chi connectivity index (χ1v) is 7.79. The van der Waals surface area contributed by atoms with Gasteiger partial charge in [0.2, 0.25) is 5.91 Å². The van der Waals surface area contributed by atoms with Crippen molar-refractivity contribution in [3.63, 3.8) is 0 Å². The van der Waals surface area contributed by atoms with E-state index in [1.807, 2.05) is 12.1 Å². The van der Waals surface area contributed by atoms with E-state index in [-0.39, 0.29) is 5.91 Å². The number of nitrogens with two attached hydrogens (primary N) is 1. The molecule has 3 nitrogen and oxygen atoms in total. The minimum Gasteiger partial charge on any atom is -0.366 e. The van der Waals surface area contributed by atoms with Crippen molar-refractivity contribution >= 4 is 5.91 Å². The summed E-state index contributed by atoms with van der Waals surface area (Å²) >= 11 is 0. The fraction of sp³-hybridized carbons (Fsp3) is 0.588. The number of nitrogens with one attached hydrogen (secondary N) is 1. The van der Waals surface area contributed by atoms with Crippen LogP contribution in [0.25, 0.3) is 0 Å². The summed E-state index contributed by atoms with van der Waals surface area (Å²) in [7, 11) is 0. The Morgan fingerprint density at radius 3 is 2.35 bits per heavy atom. The molecular weight excluding hydrogens is 248 g/mol. The second kappa shape index (κ2) is 7.44. The summed E-state index contributed by atoms with van der Waals surface area (Å²) in [5, 5.41) is 3.63. The number of amides is 1. The van der Waals surface area contributed by atoms with E-state index < -0.39 is 0 Å². The van der Waals surface area contributed by atoms with Crippen LogP contribution in [0.1, 0.15) is 61.4 Å². The number of benzene rings is 1. The van der Waals surface area contributed by atoms with Crippen LogP contribution >= 0.6 is 0 Å². The number of hydrogen-bond acceptors (Lipinski definition) is 2. The molecule has 1 aromatic rings. The van der Waals surface area contributed by atoms with Crippen LogP contribution in [0.3, 0.4) is 0 Å². The Kier molecular flexibility index (Phi) is 5.60. The van der Waals surface area contributed by atoms with Gasteiger partial charge in [-0.15, -0.1) is 0 Å². The largest absolute Gasteiger partial charge is 0.366 e.